The smallest absolute Gasteiger partial charge is 0.264 e. The lowest BCUT2D eigenvalue weighted by atomic mass is 9.93. The van der Waals surface area contributed by atoms with Gasteiger partial charge in [0.15, 0.2) is 5.78 Å². The van der Waals surface area contributed by atoms with Crippen LogP contribution < -0.4 is 5.32 Å². The Hall–Kier alpha value is -3.34. The first-order valence-electron chi connectivity index (χ1n) is 9.75. The number of halogens is 2. The van der Waals surface area contributed by atoms with Gasteiger partial charge in [-0.15, -0.1) is 0 Å². The number of nitrogens with one attached hydrogen (secondary N) is 1. The van der Waals surface area contributed by atoms with E-state index in [0.717, 1.165) is 5.56 Å². The van der Waals surface area contributed by atoms with E-state index in [1.54, 1.807) is 37.3 Å². The molecule has 0 radical (unpaired) electrons. The molecule has 0 heterocycles. The minimum absolute atomic E-state index is 0.0288. The SMILES string of the molecule is Cc1c(CC(=O)C(Cc2ccccc2)NC(=O)c2ccccc2)cccc1C(F)F. The summed E-state index contributed by atoms with van der Waals surface area (Å²) in [7, 11) is 0. The molecule has 5 heteroatoms. The number of rotatable bonds is 8. The zero-order chi connectivity index (χ0) is 21.5. The molecule has 0 saturated heterocycles. The Morgan fingerprint density at radius 1 is 0.867 bits per heavy atom. The van der Waals surface area contributed by atoms with Gasteiger partial charge in [0.25, 0.3) is 12.3 Å². The minimum Gasteiger partial charge on any atom is -0.342 e. The van der Waals surface area contributed by atoms with Crippen molar-refractivity contribution in [3.05, 3.63) is 107 Å². The summed E-state index contributed by atoms with van der Waals surface area (Å²) in [6, 6.07) is 21.9. The fraction of sp³-hybridized carbons (Fsp3) is 0.200. The third-order valence-electron chi connectivity index (χ3n) is 5.10. The van der Waals surface area contributed by atoms with E-state index in [4.69, 9.17) is 0 Å². The van der Waals surface area contributed by atoms with Crippen molar-refractivity contribution in [2.75, 3.05) is 0 Å². The second kappa shape index (κ2) is 9.92. The van der Waals surface area contributed by atoms with Crippen LogP contribution in [0.15, 0.2) is 78.9 Å². The number of amides is 1. The van der Waals surface area contributed by atoms with Gasteiger partial charge in [-0.2, -0.15) is 0 Å². The molecule has 3 nitrogen and oxygen atoms in total. The Morgan fingerprint density at radius 3 is 2.13 bits per heavy atom. The molecule has 0 aliphatic carbocycles. The van der Waals surface area contributed by atoms with Crippen molar-refractivity contribution in [2.45, 2.75) is 32.2 Å². The lowest BCUT2D eigenvalue weighted by molar-refractivity contribution is -0.120. The monoisotopic (exact) mass is 407 g/mol. The summed E-state index contributed by atoms with van der Waals surface area (Å²) in [5.74, 6) is -0.569. The quantitative estimate of drug-likeness (QED) is 0.566. The largest absolute Gasteiger partial charge is 0.342 e. The third kappa shape index (κ3) is 5.38. The predicted molar refractivity (Wildman–Crippen MR) is 113 cm³/mol. The molecule has 1 atom stereocenters. The zero-order valence-electron chi connectivity index (χ0n) is 16.6. The Bertz CT molecular complexity index is 1000. The van der Waals surface area contributed by atoms with E-state index >= 15 is 0 Å². The van der Waals surface area contributed by atoms with Crippen LogP contribution in [0.4, 0.5) is 8.78 Å². The number of Topliss-reactive ketones (excluding diaryl/α,β-unsaturated/α-hetero) is 1. The second-order valence-corrected chi connectivity index (χ2v) is 7.16. The standard InChI is InChI=1S/C25H23F2NO2/c1-17-20(13-8-14-21(17)24(26)27)16-23(29)22(15-18-9-4-2-5-10-18)28-25(30)19-11-6-3-7-12-19/h2-14,22,24H,15-16H2,1H3,(H,28,30). The van der Waals surface area contributed by atoms with Crippen LogP contribution in [0.1, 0.15) is 39.0 Å². The lowest BCUT2D eigenvalue weighted by Gasteiger charge is -2.19. The van der Waals surface area contributed by atoms with Crippen LogP contribution in [-0.2, 0) is 17.6 Å². The van der Waals surface area contributed by atoms with Crippen molar-refractivity contribution in [1.82, 2.24) is 5.32 Å². The van der Waals surface area contributed by atoms with Crippen LogP contribution in [0.2, 0.25) is 0 Å². The maximum atomic E-state index is 13.2. The molecule has 154 valence electrons. The molecule has 0 bridgehead atoms. The number of hydrogen-bond donors (Lipinski definition) is 1. The van der Waals surface area contributed by atoms with Crippen LogP contribution in [0.5, 0.6) is 0 Å². The molecule has 3 rings (SSSR count). The number of alkyl halides is 2. The lowest BCUT2D eigenvalue weighted by Crippen LogP contribution is -2.43. The Balaban J connectivity index is 1.83. The average molecular weight is 407 g/mol. The first kappa shape index (κ1) is 21.4. The van der Waals surface area contributed by atoms with Gasteiger partial charge in [-0.25, -0.2) is 8.78 Å². The highest BCUT2D eigenvalue weighted by molar-refractivity contribution is 5.98. The molecule has 3 aromatic rings. The minimum atomic E-state index is -2.60. The zero-order valence-corrected chi connectivity index (χ0v) is 16.6. The van der Waals surface area contributed by atoms with E-state index in [9.17, 15) is 18.4 Å². The van der Waals surface area contributed by atoms with Crippen molar-refractivity contribution in [2.24, 2.45) is 0 Å². The Kier molecular flexibility index (Phi) is 7.07. The highest BCUT2D eigenvalue weighted by Crippen LogP contribution is 2.25. The molecule has 30 heavy (non-hydrogen) atoms. The van der Waals surface area contributed by atoms with Gasteiger partial charge in [0, 0.05) is 17.5 Å². The summed E-state index contributed by atoms with van der Waals surface area (Å²) in [6.45, 7) is 1.60. The fourth-order valence-electron chi connectivity index (χ4n) is 3.37. The van der Waals surface area contributed by atoms with Gasteiger partial charge >= 0.3 is 0 Å². The summed E-state index contributed by atoms with van der Waals surface area (Å²) >= 11 is 0. The molecular weight excluding hydrogens is 384 g/mol. The molecule has 1 amide bonds. The normalized spacial score (nSPS) is 11.9. The molecule has 0 spiro atoms. The summed E-state index contributed by atoms with van der Waals surface area (Å²) < 4.78 is 26.4. The maximum absolute atomic E-state index is 13.2. The number of benzene rings is 3. The first-order chi connectivity index (χ1) is 14.5. The van der Waals surface area contributed by atoms with E-state index in [2.05, 4.69) is 5.32 Å². The summed E-state index contributed by atoms with van der Waals surface area (Å²) in [6.07, 6.45) is -2.30. The molecule has 0 aliphatic rings. The van der Waals surface area contributed by atoms with Crippen LogP contribution in [0, 0.1) is 6.92 Å². The van der Waals surface area contributed by atoms with Crippen LogP contribution >= 0.6 is 0 Å². The Labute approximate surface area is 174 Å². The highest BCUT2D eigenvalue weighted by atomic mass is 19.3. The molecule has 1 N–H and O–H groups in total. The molecular formula is C25H23F2NO2. The molecule has 1 unspecified atom stereocenters. The number of carbonyl (C=O) groups is 2. The van der Waals surface area contributed by atoms with Crippen molar-refractivity contribution in [3.8, 4) is 0 Å². The van der Waals surface area contributed by atoms with Crippen molar-refractivity contribution >= 4 is 11.7 Å². The number of ketones is 1. The second-order valence-electron chi connectivity index (χ2n) is 7.16. The maximum Gasteiger partial charge on any atom is 0.264 e. The first-order valence-corrected chi connectivity index (χ1v) is 9.75. The van der Waals surface area contributed by atoms with E-state index in [1.165, 1.54) is 12.1 Å². The summed E-state index contributed by atoms with van der Waals surface area (Å²) in [5.41, 5.74) is 2.24. The van der Waals surface area contributed by atoms with Crippen LogP contribution in [-0.4, -0.2) is 17.7 Å². The van der Waals surface area contributed by atoms with Gasteiger partial charge in [-0.1, -0.05) is 66.7 Å². The van der Waals surface area contributed by atoms with Gasteiger partial charge in [-0.05, 0) is 42.2 Å². The van der Waals surface area contributed by atoms with Gasteiger partial charge < -0.3 is 5.32 Å². The summed E-state index contributed by atoms with van der Waals surface area (Å²) in [5, 5.41) is 2.82. The topological polar surface area (TPSA) is 46.2 Å². The van der Waals surface area contributed by atoms with E-state index < -0.39 is 12.5 Å². The fourth-order valence-corrected chi connectivity index (χ4v) is 3.37. The molecule has 0 fully saturated rings. The number of hydrogen-bond acceptors (Lipinski definition) is 2. The van der Waals surface area contributed by atoms with Crippen LogP contribution in [0.3, 0.4) is 0 Å². The van der Waals surface area contributed by atoms with E-state index in [-0.39, 0.29) is 23.7 Å². The van der Waals surface area contributed by atoms with Gasteiger partial charge in [0.2, 0.25) is 0 Å². The number of carbonyl (C=O) groups excluding carboxylic acids is 2. The van der Waals surface area contributed by atoms with Crippen LogP contribution in [0.25, 0.3) is 0 Å². The van der Waals surface area contributed by atoms with Crippen molar-refractivity contribution in [1.29, 1.82) is 0 Å². The van der Waals surface area contributed by atoms with Gasteiger partial charge in [0.1, 0.15) is 0 Å². The molecule has 0 saturated carbocycles. The van der Waals surface area contributed by atoms with Gasteiger partial charge in [0.05, 0.1) is 6.04 Å². The summed E-state index contributed by atoms with van der Waals surface area (Å²) in [4.78, 5) is 25.8. The molecule has 0 aliphatic heterocycles. The van der Waals surface area contributed by atoms with E-state index in [1.807, 2.05) is 36.4 Å². The third-order valence-corrected chi connectivity index (χ3v) is 5.10. The van der Waals surface area contributed by atoms with E-state index in [0.29, 0.717) is 23.1 Å². The Morgan fingerprint density at radius 2 is 1.50 bits per heavy atom. The molecule has 3 aromatic carbocycles. The highest BCUT2D eigenvalue weighted by Gasteiger charge is 2.23. The van der Waals surface area contributed by atoms with Gasteiger partial charge in [-0.3, -0.25) is 9.59 Å². The van der Waals surface area contributed by atoms with Crippen molar-refractivity contribution in [3.63, 3.8) is 0 Å². The average Bonchev–Trinajstić information content (AvgIpc) is 2.75. The molecule has 0 aromatic heterocycles. The predicted octanol–water partition coefficient (Wildman–Crippen LogP) is 5.09. The van der Waals surface area contributed by atoms with Crippen molar-refractivity contribution < 1.29 is 18.4 Å².